The summed E-state index contributed by atoms with van der Waals surface area (Å²) < 4.78 is 79.2. The molecule has 4 saturated heterocycles. The van der Waals surface area contributed by atoms with Gasteiger partial charge in [-0.1, -0.05) is 117 Å². The Morgan fingerprint density at radius 1 is 0.592 bits per heavy atom. The number of pyridine rings is 2. The second-order valence-corrected chi connectivity index (χ2v) is 42.4. The number of Topliss-reactive ketones (excluding diaryl/α,β-unsaturated/α-hetero) is 2. The summed E-state index contributed by atoms with van der Waals surface area (Å²) >= 11 is 16.9. The fraction of sp³-hybridized carbons (Fsp3) is 0.636. The molecule has 2 unspecified atom stereocenters. The Labute approximate surface area is 780 Å². The molecule has 5 aromatic rings. The molecular formula is C99H127BrCl2N6O21S. The third-order valence-electron chi connectivity index (χ3n) is 28.5. The number of hydrogen-bond donors (Lipinski definition) is 2. The number of benzene rings is 3. The second kappa shape index (κ2) is 43.2. The summed E-state index contributed by atoms with van der Waals surface area (Å²) in [6, 6.07) is 15.0. The number of halogens is 3. The van der Waals surface area contributed by atoms with E-state index in [0.717, 1.165) is 141 Å². The van der Waals surface area contributed by atoms with Crippen LogP contribution in [0.2, 0.25) is 10.0 Å². The predicted octanol–water partition coefficient (Wildman–Crippen LogP) is 15.3. The van der Waals surface area contributed by atoms with E-state index in [4.69, 9.17) is 70.3 Å². The highest BCUT2D eigenvalue weighted by Crippen LogP contribution is 2.59. The van der Waals surface area contributed by atoms with Gasteiger partial charge in [-0.25, -0.2) is 0 Å². The maximum Gasteiger partial charge on any atom is 0.312 e. The number of nitrogens with zero attached hydrogens (tertiary/aromatic N) is 5. The van der Waals surface area contributed by atoms with Gasteiger partial charge >= 0.3 is 23.9 Å². The number of aromatic amines is 1. The van der Waals surface area contributed by atoms with Gasteiger partial charge < -0.3 is 57.8 Å². The number of methoxy groups -OCH3 is 1. The molecule has 31 heteroatoms. The molecule has 0 bridgehead atoms. The first-order valence-electron chi connectivity index (χ1n) is 47.4. The molecule has 3 aromatic carbocycles. The van der Waals surface area contributed by atoms with E-state index >= 15 is 0 Å². The number of hydrogen-bond acceptors (Lipinski definition) is 23. The van der Waals surface area contributed by atoms with Crippen molar-refractivity contribution in [2.75, 3.05) is 99.1 Å². The van der Waals surface area contributed by atoms with Gasteiger partial charge in [0, 0.05) is 122 Å². The molecule has 17 rings (SSSR count). The van der Waals surface area contributed by atoms with Gasteiger partial charge in [-0.05, 0) is 199 Å². The van der Waals surface area contributed by atoms with Crippen molar-refractivity contribution in [2.45, 2.75) is 236 Å². The Balaban J connectivity index is 0.000000161. The van der Waals surface area contributed by atoms with Gasteiger partial charge in [0.1, 0.15) is 58.8 Å². The van der Waals surface area contributed by atoms with Crippen LogP contribution in [0, 0.1) is 70.0 Å². The minimum atomic E-state index is -4.20. The number of aromatic nitrogens is 2. The van der Waals surface area contributed by atoms with Crippen LogP contribution < -0.4 is 19.6 Å². The van der Waals surface area contributed by atoms with Crippen LogP contribution in [0.3, 0.4) is 0 Å². The fourth-order valence-electron chi connectivity index (χ4n) is 21.0. The van der Waals surface area contributed by atoms with Crippen molar-refractivity contribution in [3.63, 3.8) is 0 Å². The number of nitrogens with one attached hydrogen (secondary N) is 1. The zero-order chi connectivity index (χ0) is 91.7. The number of ether oxygens (including phenoxy) is 8. The number of H-pyrrole nitrogens is 1. The lowest BCUT2D eigenvalue weighted by atomic mass is 9.91. The number of allylic oxidation sites excluding steroid dienone is 4. The lowest BCUT2D eigenvalue weighted by molar-refractivity contribution is -0.155. The van der Waals surface area contributed by atoms with Crippen molar-refractivity contribution in [1.29, 1.82) is 0 Å². The molecule has 16 atom stereocenters. The van der Waals surface area contributed by atoms with Gasteiger partial charge in [-0.15, -0.1) is 0 Å². The van der Waals surface area contributed by atoms with Crippen LogP contribution in [-0.4, -0.2) is 226 Å². The Morgan fingerprint density at radius 3 is 1.62 bits per heavy atom. The quantitative estimate of drug-likeness (QED) is 0.0237. The van der Waals surface area contributed by atoms with Crippen LogP contribution in [0.1, 0.15) is 193 Å². The van der Waals surface area contributed by atoms with Gasteiger partial charge in [-0.3, -0.25) is 62.1 Å². The number of carbonyl (C=O) groups excluding carboxylic acids is 7. The molecule has 2 aromatic heterocycles. The lowest BCUT2D eigenvalue weighted by Gasteiger charge is -2.29. The van der Waals surface area contributed by atoms with E-state index in [0.29, 0.717) is 154 Å². The molecule has 10 fully saturated rings. The number of esters is 3. The maximum absolute atomic E-state index is 14.7. The van der Waals surface area contributed by atoms with Gasteiger partial charge in [0.2, 0.25) is 11.8 Å². The third-order valence-corrected chi connectivity index (χ3v) is 31.2. The van der Waals surface area contributed by atoms with Crippen LogP contribution in [-0.2, 0) is 89.2 Å². The number of carbonyl (C=O) groups is 8. The average molecular weight is 1920 g/mol. The van der Waals surface area contributed by atoms with E-state index in [-0.39, 0.29) is 115 Å². The van der Waals surface area contributed by atoms with Crippen molar-refractivity contribution in [3.8, 4) is 17.2 Å². The highest BCUT2D eigenvalue weighted by atomic mass is 79.9. The van der Waals surface area contributed by atoms with E-state index in [1.165, 1.54) is 37.0 Å². The highest BCUT2D eigenvalue weighted by Gasteiger charge is 2.63. The molecule has 2 amide bonds. The molecule has 6 aliphatic heterocycles. The Hall–Kier alpha value is -7.87. The lowest BCUT2D eigenvalue weighted by Crippen LogP contribution is -2.45. The first-order valence-corrected chi connectivity index (χ1v) is 50.3. The van der Waals surface area contributed by atoms with Crippen molar-refractivity contribution in [2.24, 2.45) is 70.0 Å². The van der Waals surface area contributed by atoms with Crippen LogP contribution in [0.15, 0.2) is 99.1 Å². The third kappa shape index (κ3) is 24.3. The maximum atomic E-state index is 14.7. The number of fused-ring (bicyclic) bond motifs is 8. The topological polar surface area (TPSA) is 333 Å². The van der Waals surface area contributed by atoms with Gasteiger partial charge in [-0.2, -0.15) is 8.42 Å². The summed E-state index contributed by atoms with van der Waals surface area (Å²) in [5.41, 5.74) is 0.713. The standard InChI is InChI=1S/C46H60ClN3O9.C34H42BrNO9S.C19H25ClN2O3/c1-28(2)18-33-23-40(36-10-11-39(42(47)43(36)48-33)57-17-14-49-12-15-56-16-13-49)58-35-24-37-38(51)26-46(45(54)55)25-32(46)9-7-5-3-4-6-8-29(44(53)50(37)27-35)22-41(52)59-34-20-30-19-31(30)21-34;1-43-33(40)34-18-24(34)8-6-4-2-3-5-7-21(16-31(38)44-26-14-22-13-23(22)15-26)32(39)36-20-27(17-29(36)30(37)19-34)45-46(41,42)28-11-9-25(35)10-12-28;1-13(2)11-14-12-16(23)15-3-4-17(18(20)19(15)21-14)25-10-7-22-5-8-24-9-6-22/h7,9-11,23,28-32,34-35,37H,3-6,8,12-22,24-27H2,1-2H3,(H,54,55);6,8-12,21-24,26-27,29H,2-5,7,13-20H2,1H3;3-4,12-13H,5-11H2,1-2H3,(H,21,23)/b9-7-;8-6-;/t29-,30-,31+,32-,34?,35-,37+,46-;21-,22-,23+,24-,26?,27+,29+,34-;/m11./s1. The van der Waals surface area contributed by atoms with E-state index in [9.17, 15) is 56.7 Å². The first kappa shape index (κ1) is 96.7. The molecule has 0 spiro atoms. The molecule has 27 nitrogen and oxygen atoms in total. The number of aliphatic carboxylic acids is 1. The Morgan fingerprint density at radius 2 is 1.09 bits per heavy atom. The number of carboxylic acid groups (broad SMARTS) is 1. The van der Waals surface area contributed by atoms with Crippen LogP contribution in [0.4, 0.5) is 0 Å². The molecular weight excluding hydrogens is 1790 g/mol. The summed E-state index contributed by atoms with van der Waals surface area (Å²) in [4.78, 5) is 138. The zero-order valence-corrected chi connectivity index (χ0v) is 79.4. The molecule has 12 aliphatic rings. The number of morpholine rings is 2. The summed E-state index contributed by atoms with van der Waals surface area (Å²) in [6.07, 6.45) is 21.8. The molecule has 130 heavy (non-hydrogen) atoms. The van der Waals surface area contributed by atoms with Crippen molar-refractivity contribution >= 4 is 118 Å². The molecule has 2 N–H and O–H groups in total. The number of amides is 2. The normalized spacial score (nSPS) is 29.9. The largest absolute Gasteiger partial charge is 0.491 e. The predicted molar refractivity (Wildman–Crippen MR) is 492 cm³/mol. The van der Waals surface area contributed by atoms with Crippen molar-refractivity contribution in [1.82, 2.24) is 29.6 Å². The summed E-state index contributed by atoms with van der Waals surface area (Å²) in [6.45, 7) is 17.6. The van der Waals surface area contributed by atoms with Crippen molar-refractivity contribution in [3.05, 3.63) is 121 Å². The fourth-order valence-corrected chi connectivity index (χ4v) is 22.8. The summed E-state index contributed by atoms with van der Waals surface area (Å²) in [7, 11) is -2.90. The molecule has 706 valence electrons. The van der Waals surface area contributed by atoms with Crippen LogP contribution >= 0.6 is 39.1 Å². The Bertz CT molecular complexity index is 5160. The van der Waals surface area contributed by atoms with E-state index < -0.39 is 75.0 Å². The van der Waals surface area contributed by atoms with Gasteiger partial charge in [0.15, 0.2) is 17.0 Å². The smallest absolute Gasteiger partial charge is 0.312 e. The van der Waals surface area contributed by atoms with E-state index in [2.05, 4.69) is 58.4 Å². The first-order chi connectivity index (χ1) is 62.5. The van der Waals surface area contributed by atoms with Crippen LogP contribution in [0.25, 0.3) is 21.8 Å². The van der Waals surface area contributed by atoms with Crippen LogP contribution in [0.5, 0.6) is 17.2 Å². The number of rotatable bonds is 25. The molecule has 6 saturated carbocycles. The summed E-state index contributed by atoms with van der Waals surface area (Å²) in [5, 5.41) is 12.5. The minimum Gasteiger partial charge on any atom is -0.491 e. The number of ketones is 2. The molecule has 0 radical (unpaired) electrons. The average Bonchev–Trinajstić information content (AvgIpc) is 1.57. The van der Waals surface area contributed by atoms with E-state index in [1.807, 2.05) is 42.5 Å². The highest BCUT2D eigenvalue weighted by molar-refractivity contribution is 9.10. The Kier molecular flexibility index (Phi) is 32.1. The molecule has 6 aliphatic carbocycles. The molecule has 8 heterocycles. The minimum absolute atomic E-state index is 0.00818. The van der Waals surface area contributed by atoms with Gasteiger partial charge in [0.25, 0.3) is 10.1 Å². The SMILES string of the molecule is CC(C)Cc1cc(=O)c2ccc(OCCN3CCOCC3)c(Cl)c2[nH]1.CC(C)Cc1cc(O[C@@H]2C[C@H]3C(=O)C[C@]4(C(=O)O)C[C@H]4/C=C\CCCCC[C@H](CC(=O)OC4C[C@@H]5C[C@@H]5C4)C(=O)N3C2)c2ccc(OCCN3CCOCC3)c(Cl)c2n1.COC(=O)[C@]12CC(=O)[C@@H]3C[C@H](OS(=O)(=O)c4ccc(Br)cc4)CN3C(=O)[C@@H](CC(=O)OC3C[C@@H]4C[C@@H]4C3)CCCCC/C=C\[C@@H]1C2. The zero-order valence-electron chi connectivity index (χ0n) is 75.5. The van der Waals surface area contributed by atoms with Crippen molar-refractivity contribution < 1.29 is 94.0 Å². The number of carboxylic acids is 1. The monoisotopic (exact) mass is 1920 g/mol. The van der Waals surface area contributed by atoms with E-state index in [1.54, 1.807) is 35.2 Å². The second-order valence-electron chi connectivity index (χ2n) is 39.1. The summed E-state index contributed by atoms with van der Waals surface area (Å²) in [5.74, 6) is -0.203. The van der Waals surface area contributed by atoms with Gasteiger partial charge in [0.05, 0.1) is 97.9 Å².